The van der Waals surface area contributed by atoms with Crippen LogP contribution in [0.25, 0.3) is 0 Å². The molecule has 1 N–H and O–H groups in total. The van der Waals surface area contributed by atoms with Gasteiger partial charge in [0.25, 0.3) is 0 Å². The first-order chi connectivity index (χ1) is 7.17. The van der Waals surface area contributed by atoms with Crippen molar-refractivity contribution in [3.05, 3.63) is 0 Å². The molecule has 0 aromatic rings. The van der Waals surface area contributed by atoms with Gasteiger partial charge in [-0.2, -0.15) is 0 Å². The number of halogens is 2. The Labute approximate surface area is 105 Å². The molecule has 0 aromatic heterocycles. The molecule has 0 saturated heterocycles. The normalized spacial score (nSPS) is 15.8. The lowest BCUT2D eigenvalue weighted by atomic mass is 10.0. The third-order valence-electron chi connectivity index (χ3n) is 1.94. The molecule has 0 fully saturated rings. The van der Waals surface area contributed by atoms with E-state index in [0.29, 0.717) is 0 Å². The number of alkyl halides is 2. The van der Waals surface area contributed by atoms with Gasteiger partial charge in [0.05, 0.1) is 6.04 Å². The Bertz CT molecular complexity index is 229. The van der Waals surface area contributed by atoms with Crippen LogP contribution >= 0.6 is 15.9 Å². The van der Waals surface area contributed by atoms with Crippen molar-refractivity contribution in [1.82, 2.24) is 5.32 Å². The summed E-state index contributed by atoms with van der Waals surface area (Å²) in [6.07, 6.45) is -1.69. The second kappa shape index (κ2) is 6.42. The summed E-state index contributed by atoms with van der Waals surface area (Å²) in [5.41, 5.74) is -0.564. The fourth-order valence-corrected chi connectivity index (χ4v) is 1.62. The SMILES string of the molecule is CC(C)[C@H](NC(=O)OC(C)(C)C)C(F)CBr. The molecule has 96 valence electrons. The second-order valence-electron chi connectivity index (χ2n) is 5.09. The zero-order valence-electron chi connectivity index (χ0n) is 10.5. The van der Waals surface area contributed by atoms with Gasteiger partial charge in [0.1, 0.15) is 11.8 Å². The molecule has 1 amide bonds. The monoisotopic (exact) mass is 297 g/mol. The maximum absolute atomic E-state index is 13.5. The zero-order chi connectivity index (χ0) is 12.9. The van der Waals surface area contributed by atoms with E-state index in [1.807, 2.05) is 13.8 Å². The van der Waals surface area contributed by atoms with Gasteiger partial charge in [-0.15, -0.1) is 0 Å². The zero-order valence-corrected chi connectivity index (χ0v) is 12.1. The van der Waals surface area contributed by atoms with Crippen molar-refractivity contribution < 1.29 is 13.9 Å². The van der Waals surface area contributed by atoms with Crippen LogP contribution in [0.1, 0.15) is 34.6 Å². The van der Waals surface area contributed by atoms with E-state index >= 15 is 0 Å². The maximum Gasteiger partial charge on any atom is 0.407 e. The van der Waals surface area contributed by atoms with Crippen LogP contribution in [0.3, 0.4) is 0 Å². The van der Waals surface area contributed by atoms with Crippen LogP contribution in [0.5, 0.6) is 0 Å². The van der Waals surface area contributed by atoms with E-state index in [-0.39, 0.29) is 11.2 Å². The molecule has 0 aromatic carbocycles. The molecule has 0 radical (unpaired) electrons. The smallest absolute Gasteiger partial charge is 0.407 e. The van der Waals surface area contributed by atoms with Crippen LogP contribution in [0, 0.1) is 5.92 Å². The highest BCUT2D eigenvalue weighted by atomic mass is 79.9. The molecular weight excluding hydrogens is 277 g/mol. The van der Waals surface area contributed by atoms with Gasteiger partial charge in [0, 0.05) is 5.33 Å². The standard InChI is InChI=1S/C11H21BrFNO2/c1-7(2)9(8(13)6-12)14-10(15)16-11(3,4)5/h7-9H,6H2,1-5H3,(H,14,15)/t8?,9-/m0/s1. The molecule has 3 nitrogen and oxygen atoms in total. The number of nitrogens with one attached hydrogen (secondary N) is 1. The van der Waals surface area contributed by atoms with Crippen LogP contribution in [0.15, 0.2) is 0 Å². The molecule has 0 aliphatic rings. The fraction of sp³-hybridized carbons (Fsp3) is 0.909. The Kier molecular flexibility index (Phi) is 6.30. The summed E-state index contributed by atoms with van der Waals surface area (Å²) in [5.74, 6) is 0.0140. The molecule has 0 aliphatic carbocycles. The van der Waals surface area contributed by atoms with Crippen molar-refractivity contribution in [2.24, 2.45) is 5.92 Å². The summed E-state index contributed by atoms with van der Waals surface area (Å²) < 4.78 is 18.6. The van der Waals surface area contributed by atoms with Crippen LogP contribution in [-0.4, -0.2) is 29.2 Å². The van der Waals surface area contributed by atoms with Gasteiger partial charge in [0.2, 0.25) is 0 Å². The van der Waals surface area contributed by atoms with Crippen molar-refractivity contribution in [2.45, 2.75) is 52.4 Å². The minimum atomic E-state index is -1.12. The molecule has 5 heteroatoms. The molecular formula is C11H21BrFNO2. The number of hydrogen-bond acceptors (Lipinski definition) is 2. The molecule has 1 unspecified atom stereocenters. The third kappa shape index (κ3) is 6.30. The Morgan fingerprint density at radius 1 is 1.44 bits per heavy atom. The van der Waals surface area contributed by atoms with Crippen molar-refractivity contribution >= 4 is 22.0 Å². The number of alkyl carbamates (subject to hydrolysis) is 1. The summed E-state index contributed by atoms with van der Waals surface area (Å²) in [4.78, 5) is 11.5. The predicted octanol–water partition coefficient (Wildman–Crippen LogP) is 3.27. The molecule has 2 atom stereocenters. The van der Waals surface area contributed by atoms with E-state index < -0.39 is 23.9 Å². The molecule has 0 saturated carbocycles. The van der Waals surface area contributed by atoms with E-state index in [2.05, 4.69) is 21.2 Å². The van der Waals surface area contributed by atoms with Gasteiger partial charge < -0.3 is 10.1 Å². The highest BCUT2D eigenvalue weighted by Gasteiger charge is 2.27. The van der Waals surface area contributed by atoms with Crippen molar-refractivity contribution in [3.63, 3.8) is 0 Å². The van der Waals surface area contributed by atoms with E-state index in [1.54, 1.807) is 20.8 Å². The highest BCUT2D eigenvalue weighted by Crippen LogP contribution is 2.14. The van der Waals surface area contributed by atoms with Gasteiger partial charge in [0.15, 0.2) is 0 Å². The second-order valence-corrected chi connectivity index (χ2v) is 5.73. The van der Waals surface area contributed by atoms with Crippen molar-refractivity contribution in [1.29, 1.82) is 0 Å². The number of amides is 1. The van der Waals surface area contributed by atoms with E-state index in [4.69, 9.17) is 4.74 Å². The van der Waals surface area contributed by atoms with Gasteiger partial charge in [-0.3, -0.25) is 0 Å². The first kappa shape index (κ1) is 15.7. The average molecular weight is 298 g/mol. The van der Waals surface area contributed by atoms with Crippen LogP contribution in [0.4, 0.5) is 9.18 Å². The number of carbonyl (C=O) groups excluding carboxylic acids is 1. The molecule has 0 rings (SSSR count). The summed E-state index contributed by atoms with van der Waals surface area (Å²) in [6, 6.07) is -0.533. The molecule has 0 spiro atoms. The predicted molar refractivity (Wildman–Crippen MR) is 66.7 cm³/mol. The summed E-state index contributed by atoms with van der Waals surface area (Å²) in [7, 11) is 0. The Balaban J connectivity index is 4.36. The van der Waals surface area contributed by atoms with Gasteiger partial charge in [-0.05, 0) is 26.7 Å². The number of hydrogen-bond donors (Lipinski definition) is 1. The summed E-state index contributed by atoms with van der Waals surface area (Å²) >= 11 is 3.07. The summed E-state index contributed by atoms with van der Waals surface area (Å²) in [6.45, 7) is 9.03. The van der Waals surface area contributed by atoms with Gasteiger partial charge in [-0.1, -0.05) is 29.8 Å². The minimum Gasteiger partial charge on any atom is -0.444 e. The molecule has 16 heavy (non-hydrogen) atoms. The van der Waals surface area contributed by atoms with Crippen LogP contribution in [0.2, 0.25) is 0 Å². The van der Waals surface area contributed by atoms with Crippen molar-refractivity contribution in [3.8, 4) is 0 Å². The largest absolute Gasteiger partial charge is 0.444 e. The number of rotatable bonds is 4. The summed E-state index contributed by atoms with van der Waals surface area (Å²) in [5, 5.41) is 2.76. The average Bonchev–Trinajstić information content (AvgIpc) is 2.09. The third-order valence-corrected chi connectivity index (χ3v) is 2.56. The quantitative estimate of drug-likeness (QED) is 0.809. The maximum atomic E-state index is 13.5. The number of carbonyl (C=O) groups is 1. The van der Waals surface area contributed by atoms with Crippen LogP contribution < -0.4 is 5.32 Å². The van der Waals surface area contributed by atoms with E-state index in [0.717, 1.165) is 0 Å². The topological polar surface area (TPSA) is 38.3 Å². The van der Waals surface area contributed by atoms with Crippen LogP contribution in [-0.2, 0) is 4.74 Å². The van der Waals surface area contributed by atoms with E-state index in [9.17, 15) is 9.18 Å². The Hall–Kier alpha value is -0.320. The molecule has 0 heterocycles. The lowest BCUT2D eigenvalue weighted by Crippen LogP contribution is -2.47. The van der Waals surface area contributed by atoms with Crippen molar-refractivity contribution in [2.75, 3.05) is 5.33 Å². The lowest BCUT2D eigenvalue weighted by Gasteiger charge is -2.27. The number of ether oxygens (including phenoxy) is 1. The van der Waals surface area contributed by atoms with Gasteiger partial charge >= 0.3 is 6.09 Å². The van der Waals surface area contributed by atoms with E-state index in [1.165, 1.54) is 0 Å². The fourth-order valence-electron chi connectivity index (χ4n) is 1.21. The first-order valence-electron chi connectivity index (χ1n) is 5.37. The Morgan fingerprint density at radius 2 is 1.94 bits per heavy atom. The molecule has 0 aliphatic heterocycles. The van der Waals surface area contributed by atoms with Gasteiger partial charge in [-0.25, -0.2) is 9.18 Å². The molecule has 0 bridgehead atoms. The Morgan fingerprint density at radius 3 is 2.25 bits per heavy atom. The minimum absolute atomic E-state index is 0.0140. The lowest BCUT2D eigenvalue weighted by molar-refractivity contribution is 0.0457. The highest BCUT2D eigenvalue weighted by molar-refractivity contribution is 9.09. The first-order valence-corrected chi connectivity index (χ1v) is 6.49.